The van der Waals surface area contributed by atoms with E-state index in [0.29, 0.717) is 5.75 Å². The minimum Gasteiger partial charge on any atom is -0.489 e. The predicted molar refractivity (Wildman–Crippen MR) is 119 cm³/mol. The highest BCUT2D eigenvalue weighted by atomic mass is 16.5. The maximum absolute atomic E-state index is 11.8. The van der Waals surface area contributed by atoms with Crippen LogP contribution in [-0.4, -0.2) is 17.7 Å². The van der Waals surface area contributed by atoms with Crippen LogP contribution in [0.15, 0.2) is 94.9 Å². The summed E-state index contributed by atoms with van der Waals surface area (Å²) in [5.41, 5.74) is 2.55. The normalized spacial score (nSPS) is 11.9. The highest BCUT2D eigenvalue weighted by molar-refractivity contribution is 6.05. The molecule has 4 aromatic carbocycles. The Bertz CT molecular complexity index is 1430. The van der Waals surface area contributed by atoms with E-state index in [9.17, 15) is 9.90 Å². The first-order chi connectivity index (χ1) is 14.7. The number of fused-ring (bicyclic) bond motifs is 4. The number of benzene rings is 4. The van der Waals surface area contributed by atoms with Crippen LogP contribution in [0.5, 0.6) is 5.75 Å². The van der Waals surface area contributed by atoms with E-state index >= 15 is 0 Å². The van der Waals surface area contributed by atoms with Gasteiger partial charge in [-0.05, 0) is 52.7 Å². The topological polar surface area (TPSA) is 59.7 Å². The summed E-state index contributed by atoms with van der Waals surface area (Å²) in [6.45, 7) is -0.0299. The number of hydrogen-bond acceptors (Lipinski definition) is 3. The highest BCUT2D eigenvalue weighted by Crippen LogP contribution is 2.30. The summed E-state index contributed by atoms with van der Waals surface area (Å²) in [5.74, 6) is -0.370. The molecule has 1 aromatic heterocycles. The van der Waals surface area contributed by atoms with Crippen molar-refractivity contribution in [2.24, 2.45) is 0 Å². The number of ether oxygens (including phenoxy) is 1. The molecule has 0 amide bonds. The van der Waals surface area contributed by atoms with Crippen molar-refractivity contribution in [3.05, 3.63) is 96.1 Å². The lowest BCUT2D eigenvalue weighted by Gasteiger charge is -2.08. The van der Waals surface area contributed by atoms with E-state index in [1.54, 1.807) is 6.08 Å². The zero-order chi connectivity index (χ0) is 20.5. The Hall–Kier alpha value is -4.05. The number of aliphatic carboxylic acids is 1. The molecule has 146 valence electrons. The molecular weight excluding hydrogens is 376 g/mol. The van der Waals surface area contributed by atoms with Gasteiger partial charge in [0.1, 0.15) is 23.5 Å². The molecule has 4 heteroatoms. The number of carboxylic acid groups (broad SMARTS) is 1. The number of carbonyl (C=O) groups is 1. The third-order valence-electron chi connectivity index (χ3n) is 5.13. The Morgan fingerprint density at radius 2 is 1.60 bits per heavy atom. The second kappa shape index (κ2) is 7.41. The fourth-order valence-corrected chi connectivity index (χ4v) is 3.62. The van der Waals surface area contributed by atoms with Gasteiger partial charge in [0.25, 0.3) is 0 Å². The lowest BCUT2D eigenvalue weighted by Crippen LogP contribution is -2.10. The molecule has 0 aliphatic heterocycles. The van der Waals surface area contributed by atoms with Crippen molar-refractivity contribution >= 4 is 44.8 Å². The lowest BCUT2D eigenvalue weighted by atomic mass is 10.1. The van der Waals surface area contributed by atoms with Crippen LogP contribution in [0.1, 0.15) is 5.56 Å². The first-order valence-electron chi connectivity index (χ1n) is 9.64. The van der Waals surface area contributed by atoms with Crippen LogP contribution in [0.2, 0.25) is 0 Å². The van der Waals surface area contributed by atoms with Crippen LogP contribution in [0.3, 0.4) is 0 Å². The van der Waals surface area contributed by atoms with Gasteiger partial charge in [0.15, 0.2) is 0 Å². The molecule has 1 heterocycles. The molecule has 0 radical (unpaired) electrons. The van der Waals surface area contributed by atoms with Crippen LogP contribution in [0.4, 0.5) is 0 Å². The average Bonchev–Trinajstić information content (AvgIpc) is 3.14. The Morgan fingerprint density at radius 3 is 2.47 bits per heavy atom. The van der Waals surface area contributed by atoms with Gasteiger partial charge in [0.2, 0.25) is 0 Å². The summed E-state index contributed by atoms with van der Waals surface area (Å²) in [6.07, 6.45) is 1.64. The van der Waals surface area contributed by atoms with Crippen molar-refractivity contribution in [1.29, 1.82) is 0 Å². The van der Waals surface area contributed by atoms with Gasteiger partial charge in [-0.2, -0.15) is 0 Å². The first kappa shape index (κ1) is 18.0. The van der Waals surface area contributed by atoms with Gasteiger partial charge >= 0.3 is 5.97 Å². The number of hydrogen-bond donors (Lipinski definition) is 1. The minimum atomic E-state index is -1.01. The molecule has 4 nitrogen and oxygen atoms in total. The summed E-state index contributed by atoms with van der Waals surface area (Å²) in [7, 11) is 0. The van der Waals surface area contributed by atoms with Crippen LogP contribution in [0.25, 0.3) is 38.8 Å². The fourth-order valence-electron chi connectivity index (χ4n) is 3.62. The minimum absolute atomic E-state index is 0.0299. The summed E-state index contributed by atoms with van der Waals surface area (Å²) in [6, 6.07) is 27.2. The van der Waals surface area contributed by atoms with Crippen molar-refractivity contribution < 1.29 is 19.1 Å². The molecule has 1 N–H and O–H groups in total. The quantitative estimate of drug-likeness (QED) is 0.356. The molecular formula is C26H18O4. The third kappa shape index (κ3) is 3.40. The molecule has 5 rings (SSSR count). The Balaban J connectivity index is 1.44. The van der Waals surface area contributed by atoms with E-state index in [1.165, 1.54) is 0 Å². The van der Waals surface area contributed by atoms with Gasteiger partial charge in [-0.25, -0.2) is 4.79 Å². The molecule has 0 atom stereocenters. The molecule has 5 aromatic rings. The Labute approximate surface area is 172 Å². The molecule has 0 unspecified atom stereocenters. The molecule has 0 aliphatic carbocycles. The predicted octanol–water partition coefficient (Wildman–Crippen LogP) is 6.29. The van der Waals surface area contributed by atoms with E-state index < -0.39 is 5.97 Å². The number of carboxylic acids is 1. The van der Waals surface area contributed by atoms with Crippen molar-refractivity contribution in [3.8, 4) is 5.75 Å². The van der Waals surface area contributed by atoms with Crippen LogP contribution in [0, 0.1) is 0 Å². The fraction of sp³-hybridized carbons (Fsp3) is 0.0385. The first-order valence-corrected chi connectivity index (χ1v) is 9.64. The summed E-state index contributed by atoms with van der Waals surface area (Å²) in [5, 5.41) is 13.8. The maximum Gasteiger partial charge on any atom is 0.335 e. The summed E-state index contributed by atoms with van der Waals surface area (Å²) in [4.78, 5) is 11.8. The van der Waals surface area contributed by atoms with E-state index in [4.69, 9.17) is 9.15 Å². The Kier molecular flexibility index (Phi) is 4.45. The highest BCUT2D eigenvalue weighted by Gasteiger charge is 2.11. The van der Waals surface area contributed by atoms with Crippen LogP contribution >= 0.6 is 0 Å². The van der Waals surface area contributed by atoms with E-state index in [0.717, 1.165) is 38.3 Å². The standard InChI is InChI=1S/C26H18O4/c27-26(28)20(16-29-21-11-10-18-5-1-2-6-19(18)15-21)13-17-9-12-25-23(14-17)22-7-3-4-8-24(22)30-25/h1-15H,16H2,(H,27,28)/b20-13+. The van der Waals surface area contributed by atoms with Gasteiger partial charge in [0, 0.05) is 10.8 Å². The molecule has 0 bridgehead atoms. The molecule has 0 spiro atoms. The molecule has 0 fully saturated rings. The van der Waals surface area contributed by atoms with E-state index in [2.05, 4.69) is 0 Å². The van der Waals surface area contributed by atoms with Gasteiger partial charge in [0.05, 0.1) is 5.57 Å². The maximum atomic E-state index is 11.8. The monoisotopic (exact) mass is 394 g/mol. The SMILES string of the molecule is O=C(O)/C(=C/c1ccc2oc3ccccc3c2c1)COc1ccc2ccccc2c1. The second-order valence-electron chi connectivity index (χ2n) is 7.13. The summed E-state index contributed by atoms with van der Waals surface area (Å²) >= 11 is 0. The smallest absolute Gasteiger partial charge is 0.335 e. The zero-order valence-corrected chi connectivity index (χ0v) is 16.0. The largest absolute Gasteiger partial charge is 0.489 e. The van der Waals surface area contributed by atoms with Crippen LogP contribution in [-0.2, 0) is 4.79 Å². The van der Waals surface area contributed by atoms with E-state index in [-0.39, 0.29) is 12.2 Å². The lowest BCUT2D eigenvalue weighted by molar-refractivity contribution is -0.132. The van der Waals surface area contributed by atoms with Gasteiger partial charge in [-0.1, -0.05) is 54.6 Å². The zero-order valence-electron chi connectivity index (χ0n) is 16.0. The van der Waals surface area contributed by atoms with Crippen molar-refractivity contribution in [2.75, 3.05) is 6.61 Å². The number of furan rings is 1. The van der Waals surface area contributed by atoms with Crippen molar-refractivity contribution in [1.82, 2.24) is 0 Å². The molecule has 0 aliphatic rings. The second-order valence-corrected chi connectivity index (χ2v) is 7.13. The average molecular weight is 394 g/mol. The Morgan fingerprint density at radius 1 is 0.833 bits per heavy atom. The van der Waals surface area contributed by atoms with Gasteiger partial charge < -0.3 is 14.3 Å². The van der Waals surface area contributed by atoms with Gasteiger partial charge in [-0.15, -0.1) is 0 Å². The van der Waals surface area contributed by atoms with E-state index in [1.807, 2.05) is 84.9 Å². The third-order valence-corrected chi connectivity index (χ3v) is 5.13. The molecule has 30 heavy (non-hydrogen) atoms. The van der Waals surface area contributed by atoms with Crippen LogP contribution < -0.4 is 4.74 Å². The number of para-hydroxylation sites is 1. The van der Waals surface area contributed by atoms with Crippen molar-refractivity contribution in [2.45, 2.75) is 0 Å². The van der Waals surface area contributed by atoms with Gasteiger partial charge in [-0.3, -0.25) is 0 Å². The van der Waals surface area contributed by atoms with Crippen molar-refractivity contribution in [3.63, 3.8) is 0 Å². The molecule has 0 saturated heterocycles. The number of rotatable bonds is 5. The molecule has 0 saturated carbocycles. The summed E-state index contributed by atoms with van der Waals surface area (Å²) < 4.78 is 11.6.